The predicted molar refractivity (Wildman–Crippen MR) is 171 cm³/mol. The molecule has 12 atom stereocenters. The highest BCUT2D eigenvalue weighted by Crippen LogP contribution is 2.76. The average Bonchev–Trinajstić information content (AvgIpc) is 2.96. The lowest BCUT2D eigenvalue weighted by molar-refractivity contribution is -0.267. The first-order valence-corrected chi connectivity index (χ1v) is 17.1. The van der Waals surface area contributed by atoms with Gasteiger partial charge in [0, 0.05) is 23.3 Å². The summed E-state index contributed by atoms with van der Waals surface area (Å²) in [5.74, 6) is -0.885. The molecule has 0 aromatic heterocycles. The first kappa shape index (κ1) is 34.6. The van der Waals surface area contributed by atoms with E-state index in [4.69, 9.17) is 9.47 Å². The lowest BCUT2D eigenvalue weighted by Crippen LogP contribution is -2.72. The third kappa shape index (κ3) is 4.58. The lowest BCUT2D eigenvalue weighted by Gasteiger charge is -2.72. The Morgan fingerprint density at radius 3 is 2.13 bits per heavy atom. The van der Waals surface area contributed by atoms with Crippen molar-refractivity contribution in [3.8, 4) is 0 Å². The molecular formula is C37H58O8. The van der Waals surface area contributed by atoms with Crippen LogP contribution in [-0.4, -0.2) is 70.0 Å². The van der Waals surface area contributed by atoms with Crippen LogP contribution in [0.15, 0.2) is 23.3 Å². The molecule has 4 fully saturated rings. The van der Waals surface area contributed by atoms with E-state index in [9.17, 15) is 30.0 Å². The van der Waals surface area contributed by atoms with Gasteiger partial charge in [-0.15, -0.1) is 0 Å². The number of aliphatic hydroxyl groups is 4. The van der Waals surface area contributed by atoms with Crippen molar-refractivity contribution >= 4 is 11.9 Å². The van der Waals surface area contributed by atoms with Crippen LogP contribution in [0.25, 0.3) is 0 Å². The number of allylic oxidation sites excluding steroid dienone is 3. The number of aliphatic hydroxyl groups excluding tert-OH is 4. The van der Waals surface area contributed by atoms with Gasteiger partial charge in [-0.25, -0.2) is 4.79 Å². The topological polar surface area (TPSA) is 134 Å². The van der Waals surface area contributed by atoms with Gasteiger partial charge >= 0.3 is 11.9 Å². The van der Waals surface area contributed by atoms with E-state index < -0.39 is 64.6 Å². The highest BCUT2D eigenvalue weighted by molar-refractivity contribution is 5.87. The zero-order valence-electron chi connectivity index (χ0n) is 29.0. The monoisotopic (exact) mass is 630 g/mol. The van der Waals surface area contributed by atoms with Crippen LogP contribution in [0.4, 0.5) is 0 Å². The van der Waals surface area contributed by atoms with Gasteiger partial charge < -0.3 is 29.9 Å². The Morgan fingerprint density at radius 2 is 1.56 bits per heavy atom. The molecule has 8 heteroatoms. The Labute approximate surface area is 269 Å². The van der Waals surface area contributed by atoms with Crippen molar-refractivity contribution in [1.29, 1.82) is 0 Å². The van der Waals surface area contributed by atoms with Gasteiger partial charge in [-0.1, -0.05) is 59.3 Å². The summed E-state index contributed by atoms with van der Waals surface area (Å²) in [6.07, 6.45) is 5.70. The zero-order chi connectivity index (χ0) is 33.5. The minimum Gasteiger partial charge on any atom is -0.458 e. The van der Waals surface area contributed by atoms with E-state index in [0.29, 0.717) is 24.8 Å². The third-order valence-electron chi connectivity index (χ3n) is 14.7. The predicted octanol–water partition coefficient (Wildman–Crippen LogP) is 5.11. The molecule has 0 bridgehead atoms. The molecule has 254 valence electrons. The van der Waals surface area contributed by atoms with Gasteiger partial charge in [-0.2, -0.15) is 0 Å². The van der Waals surface area contributed by atoms with Crippen LogP contribution in [0, 0.1) is 50.2 Å². The van der Waals surface area contributed by atoms with Crippen LogP contribution < -0.4 is 0 Å². The van der Waals surface area contributed by atoms with E-state index in [0.717, 1.165) is 25.7 Å². The van der Waals surface area contributed by atoms with Crippen molar-refractivity contribution in [3.63, 3.8) is 0 Å². The number of esters is 2. The molecule has 3 unspecified atom stereocenters. The SMILES string of the molecule is C/C=C(/C)C(=O)O[C@H]1[C@H](OC(C)=O)[C@@]2(CO)C(CC1(C)C)C1=CCC3[C@@]4(C)CC[C@H](O)[C@@](C)(CO)C4CC[C@@]3(C)[C@]1(C)C[C@H]2O. The molecule has 5 aliphatic rings. The fourth-order valence-electron chi connectivity index (χ4n) is 11.8. The maximum atomic E-state index is 13.1. The van der Waals surface area contributed by atoms with Crippen molar-refractivity contribution in [2.75, 3.05) is 13.2 Å². The number of ether oxygens (including phenoxy) is 2. The number of carbonyl (C=O) groups excluding carboxylic acids is 2. The van der Waals surface area contributed by atoms with E-state index >= 15 is 0 Å². The minimum absolute atomic E-state index is 0.0397. The quantitative estimate of drug-likeness (QED) is 0.187. The Bertz CT molecular complexity index is 1270. The molecule has 8 nitrogen and oxygen atoms in total. The van der Waals surface area contributed by atoms with Crippen molar-refractivity contribution in [2.24, 2.45) is 50.2 Å². The van der Waals surface area contributed by atoms with Crippen molar-refractivity contribution in [3.05, 3.63) is 23.3 Å². The molecule has 4 saturated carbocycles. The maximum absolute atomic E-state index is 13.1. The summed E-state index contributed by atoms with van der Waals surface area (Å²) < 4.78 is 12.1. The number of hydrogen-bond donors (Lipinski definition) is 4. The van der Waals surface area contributed by atoms with Crippen LogP contribution >= 0.6 is 0 Å². The summed E-state index contributed by atoms with van der Waals surface area (Å²) in [6, 6.07) is 0. The van der Waals surface area contributed by atoms with Crippen LogP contribution in [0.2, 0.25) is 0 Å². The second-order valence-corrected chi connectivity index (χ2v) is 17.1. The summed E-state index contributed by atoms with van der Waals surface area (Å²) in [5, 5.41) is 45.3. The van der Waals surface area contributed by atoms with Gasteiger partial charge in [0.25, 0.3) is 0 Å². The molecule has 4 N–H and O–H groups in total. The summed E-state index contributed by atoms with van der Waals surface area (Å²) in [6.45, 7) is 17.4. The van der Waals surface area contributed by atoms with Gasteiger partial charge in [0.1, 0.15) is 12.2 Å². The molecule has 45 heavy (non-hydrogen) atoms. The largest absolute Gasteiger partial charge is 0.458 e. The van der Waals surface area contributed by atoms with E-state index in [-0.39, 0.29) is 35.2 Å². The van der Waals surface area contributed by atoms with Crippen molar-refractivity contribution in [1.82, 2.24) is 0 Å². The average molecular weight is 631 g/mol. The van der Waals surface area contributed by atoms with Crippen LogP contribution in [-0.2, 0) is 19.1 Å². The zero-order valence-corrected chi connectivity index (χ0v) is 29.0. The Kier molecular flexibility index (Phi) is 8.58. The van der Waals surface area contributed by atoms with Crippen LogP contribution in [0.3, 0.4) is 0 Å². The molecule has 0 spiro atoms. The molecule has 0 aliphatic heterocycles. The third-order valence-corrected chi connectivity index (χ3v) is 14.7. The maximum Gasteiger partial charge on any atom is 0.333 e. The number of rotatable bonds is 5. The minimum atomic E-state index is -1.24. The first-order valence-electron chi connectivity index (χ1n) is 17.1. The van der Waals surface area contributed by atoms with Crippen molar-refractivity contribution in [2.45, 2.75) is 132 Å². The Morgan fingerprint density at radius 1 is 0.889 bits per heavy atom. The lowest BCUT2D eigenvalue weighted by atomic mass is 9.33. The molecule has 5 aliphatic carbocycles. The Hall–Kier alpha value is -1.74. The van der Waals surface area contributed by atoms with Gasteiger partial charge in [-0.3, -0.25) is 4.79 Å². The first-order chi connectivity index (χ1) is 20.8. The normalized spacial score (nSPS) is 49.0. The van der Waals surface area contributed by atoms with Gasteiger partial charge in [0.05, 0.1) is 30.8 Å². The summed E-state index contributed by atoms with van der Waals surface area (Å²) in [4.78, 5) is 25.8. The summed E-state index contributed by atoms with van der Waals surface area (Å²) >= 11 is 0. The van der Waals surface area contributed by atoms with Crippen LogP contribution in [0.1, 0.15) is 107 Å². The second-order valence-electron chi connectivity index (χ2n) is 17.1. The molecule has 0 heterocycles. The van der Waals surface area contributed by atoms with Gasteiger partial charge in [0.2, 0.25) is 0 Å². The van der Waals surface area contributed by atoms with Crippen molar-refractivity contribution < 1.29 is 39.5 Å². The highest BCUT2D eigenvalue weighted by Gasteiger charge is 2.73. The fraction of sp³-hybridized carbons (Fsp3) is 0.838. The molecule has 0 saturated heterocycles. The van der Waals surface area contributed by atoms with E-state index in [1.165, 1.54) is 12.5 Å². The second kappa shape index (κ2) is 11.2. The number of carbonyl (C=O) groups is 2. The van der Waals surface area contributed by atoms with E-state index in [1.807, 2.05) is 13.8 Å². The summed E-state index contributed by atoms with van der Waals surface area (Å²) in [7, 11) is 0. The standard InChI is InChI=1S/C37H58O8/c1-10-21(2)31(43)45-29-30(44-22(3)40)37(20-39)24(17-32(29,4)5)23-11-12-26-33(6)15-14-27(41)34(7,19-38)25(33)13-16-35(26,8)36(23,9)18-28(37)42/h10-11,24-30,38-39,41-42H,12-20H2,1-9H3/b21-10-/t24?,25?,26?,27-,28+,29-,30-,33-,34-,35+,36+,37-/m0/s1. The Balaban J connectivity index is 1.63. The smallest absolute Gasteiger partial charge is 0.333 e. The highest BCUT2D eigenvalue weighted by atomic mass is 16.6. The number of fused-ring (bicyclic) bond motifs is 7. The fourth-order valence-corrected chi connectivity index (χ4v) is 11.8. The summed E-state index contributed by atoms with van der Waals surface area (Å²) in [5.41, 5.74) is -1.46. The molecule has 0 amide bonds. The van der Waals surface area contributed by atoms with E-state index in [2.05, 4.69) is 33.8 Å². The van der Waals surface area contributed by atoms with E-state index in [1.54, 1.807) is 19.9 Å². The van der Waals surface area contributed by atoms with Gasteiger partial charge in [-0.05, 0) is 92.8 Å². The molecular weight excluding hydrogens is 572 g/mol. The number of hydrogen-bond acceptors (Lipinski definition) is 8. The van der Waals surface area contributed by atoms with Crippen LogP contribution in [0.5, 0.6) is 0 Å². The molecule has 0 radical (unpaired) electrons. The molecule has 0 aromatic rings. The van der Waals surface area contributed by atoms with Gasteiger partial charge in [0.15, 0.2) is 0 Å². The molecule has 0 aromatic carbocycles. The molecule has 5 rings (SSSR count).